The molecule has 2 aliphatic rings. The largest absolute Gasteiger partial charge is 0.480 e. The van der Waals surface area contributed by atoms with Crippen molar-refractivity contribution in [2.45, 2.75) is 64.0 Å². The molecular weight excluding hydrogens is 202 g/mol. The van der Waals surface area contributed by atoms with Gasteiger partial charge in [-0.25, -0.2) is 0 Å². The van der Waals surface area contributed by atoms with Gasteiger partial charge >= 0.3 is 5.97 Å². The molecule has 3 nitrogen and oxygen atoms in total. The van der Waals surface area contributed by atoms with Crippen LogP contribution in [0.25, 0.3) is 0 Å². The Morgan fingerprint density at radius 2 is 1.94 bits per heavy atom. The number of aliphatic carboxylic acids is 1. The van der Waals surface area contributed by atoms with E-state index in [1.165, 1.54) is 44.9 Å². The molecule has 3 heteroatoms. The van der Waals surface area contributed by atoms with E-state index in [9.17, 15) is 4.79 Å². The molecule has 2 aliphatic carbocycles. The molecule has 0 aromatic rings. The molecule has 1 N–H and O–H groups in total. The summed E-state index contributed by atoms with van der Waals surface area (Å²) in [6, 6.07) is 0.983. The normalized spacial score (nSPS) is 23.9. The summed E-state index contributed by atoms with van der Waals surface area (Å²) in [5.41, 5.74) is 0. The smallest absolute Gasteiger partial charge is 0.317 e. The van der Waals surface area contributed by atoms with Crippen LogP contribution in [0, 0.1) is 5.92 Å². The highest BCUT2D eigenvalue weighted by atomic mass is 16.4. The number of carbonyl (C=O) groups is 1. The van der Waals surface area contributed by atoms with Gasteiger partial charge in [-0.1, -0.05) is 25.7 Å². The molecular formula is C13H23NO2. The minimum atomic E-state index is -0.672. The maximum Gasteiger partial charge on any atom is 0.317 e. The summed E-state index contributed by atoms with van der Waals surface area (Å²) in [6.45, 7) is 2.44. The fraction of sp³-hybridized carbons (Fsp3) is 0.923. The van der Waals surface area contributed by atoms with Gasteiger partial charge in [0.25, 0.3) is 0 Å². The van der Waals surface area contributed by atoms with Crippen LogP contribution in [0.4, 0.5) is 0 Å². The number of nitrogens with zero attached hydrogens (tertiary/aromatic N) is 1. The van der Waals surface area contributed by atoms with Crippen molar-refractivity contribution < 1.29 is 9.90 Å². The maximum absolute atomic E-state index is 10.9. The second kappa shape index (κ2) is 5.17. The summed E-state index contributed by atoms with van der Waals surface area (Å²) in [4.78, 5) is 13.2. The topological polar surface area (TPSA) is 40.5 Å². The standard InChI is InChI=1S/C13H23NO2/c1-10(8-11-6-7-11)14(9-13(15)16)12-4-2-3-5-12/h10-12H,2-9H2,1H3,(H,15,16). The Labute approximate surface area is 97.8 Å². The molecule has 0 amide bonds. The number of carboxylic acid groups (broad SMARTS) is 1. The molecule has 1 atom stereocenters. The SMILES string of the molecule is CC(CC1CC1)N(CC(=O)O)C1CCCC1. The van der Waals surface area contributed by atoms with E-state index in [2.05, 4.69) is 11.8 Å². The van der Waals surface area contributed by atoms with Crippen LogP contribution in [0.3, 0.4) is 0 Å². The fourth-order valence-electron chi connectivity index (χ4n) is 3.01. The summed E-state index contributed by atoms with van der Waals surface area (Å²) in [5.74, 6) is 0.210. The average molecular weight is 225 g/mol. The van der Waals surface area contributed by atoms with Crippen LogP contribution in [-0.2, 0) is 4.79 Å². The lowest BCUT2D eigenvalue weighted by Gasteiger charge is -2.33. The third-order valence-corrected chi connectivity index (χ3v) is 4.05. The van der Waals surface area contributed by atoms with Crippen LogP contribution in [-0.4, -0.2) is 34.6 Å². The van der Waals surface area contributed by atoms with Crippen LogP contribution in [0.2, 0.25) is 0 Å². The summed E-state index contributed by atoms with van der Waals surface area (Å²) in [6.07, 6.45) is 8.86. The lowest BCUT2D eigenvalue weighted by molar-refractivity contribution is -0.139. The van der Waals surface area contributed by atoms with Gasteiger partial charge in [-0.2, -0.15) is 0 Å². The van der Waals surface area contributed by atoms with E-state index >= 15 is 0 Å². The van der Waals surface area contributed by atoms with Crippen LogP contribution in [0.5, 0.6) is 0 Å². The molecule has 0 radical (unpaired) electrons. The molecule has 0 spiro atoms. The van der Waals surface area contributed by atoms with Gasteiger partial charge < -0.3 is 5.11 Å². The Morgan fingerprint density at radius 3 is 2.44 bits per heavy atom. The zero-order valence-corrected chi connectivity index (χ0v) is 10.2. The lowest BCUT2D eigenvalue weighted by atomic mass is 10.1. The predicted molar refractivity (Wildman–Crippen MR) is 63.4 cm³/mol. The Hall–Kier alpha value is -0.570. The second-order valence-corrected chi connectivity index (χ2v) is 5.53. The molecule has 16 heavy (non-hydrogen) atoms. The van der Waals surface area contributed by atoms with E-state index in [-0.39, 0.29) is 6.54 Å². The van der Waals surface area contributed by atoms with E-state index in [0.717, 1.165) is 5.92 Å². The summed E-state index contributed by atoms with van der Waals surface area (Å²) in [5, 5.41) is 9.00. The van der Waals surface area contributed by atoms with Crippen molar-refractivity contribution in [3.8, 4) is 0 Å². The number of hydrogen-bond donors (Lipinski definition) is 1. The quantitative estimate of drug-likeness (QED) is 0.755. The number of rotatable bonds is 6. The Bertz CT molecular complexity index is 244. The van der Waals surface area contributed by atoms with Crippen LogP contribution in [0.1, 0.15) is 51.9 Å². The van der Waals surface area contributed by atoms with Crippen molar-refractivity contribution in [1.82, 2.24) is 4.90 Å². The minimum absolute atomic E-state index is 0.235. The number of hydrogen-bond acceptors (Lipinski definition) is 2. The van der Waals surface area contributed by atoms with E-state index in [0.29, 0.717) is 12.1 Å². The third kappa shape index (κ3) is 3.21. The second-order valence-electron chi connectivity index (χ2n) is 5.53. The molecule has 1 unspecified atom stereocenters. The number of carboxylic acids is 1. The van der Waals surface area contributed by atoms with E-state index in [1.54, 1.807) is 0 Å². The zero-order chi connectivity index (χ0) is 11.5. The van der Waals surface area contributed by atoms with Gasteiger partial charge in [-0.05, 0) is 32.1 Å². The molecule has 0 aliphatic heterocycles. The van der Waals surface area contributed by atoms with E-state index in [4.69, 9.17) is 5.11 Å². The van der Waals surface area contributed by atoms with E-state index < -0.39 is 5.97 Å². The molecule has 2 fully saturated rings. The highest BCUT2D eigenvalue weighted by Gasteiger charge is 2.31. The van der Waals surface area contributed by atoms with Gasteiger partial charge in [0.15, 0.2) is 0 Å². The van der Waals surface area contributed by atoms with Crippen molar-refractivity contribution in [1.29, 1.82) is 0 Å². The molecule has 0 aromatic heterocycles. The molecule has 0 bridgehead atoms. The summed E-state index contributed by atoms with van der Waals surface area (Å²) < 4.78 is 0. The fourth-order valence-corrected chi connectivity index (χ4v) is 3.01. The zero-order valence-electron chi connectivity index (χ0n) is 10.2. The highest BCUT2D eigenvalue weighted by molar-refractivity contribution is 5.69. The maximum atomic E-state index is 10.9. The van der Waals surface area contributed by atoms with Crippen LogP contribution in [0.15, 0.2) is 0 Å². The molecule has 2 rings (SSSR count). The van der Waals surface area contributed by atoms with Crippen LogP contribution < -0.4 is 0 Å². The van der Waals surface area contributed by atoms with Gasteiger partial charge in [-0.3, -0.25) is 9.69 Å². The molecule has 0 saturated heterocycles. The minimum Gasteiger partial charge on any atom is -0.480 e. The van der Waals surface area contributed by atoms with Gasteiger partial charge in [0.2, 0.25) is 0 Å². The first-order chi connectivity index (χ1) is 7.66. The first-order valence-electron chi connectivity index (χ1n) is 6.64. The first-order valence-corrected chi connectivity index (χ1v) is 6.64. The van der Waals surface area contributed by atoms with Crippen molar-refractivity contribution in [3.63, 3.8) is 0 Å². The van der Waals surface area contributed by atoms with Crippen molar-refractivity contribution in [3.05, 3.63) is 0 Å². The summed E-state index contributed by atoms with van der Waals surface area (Å²) in [7, 11) is 0. The molecule has 2 saturated carbocycles. The van der Waals surface area contributed by atoms with E-state index in [1.807, 2.05) is 0 Å². The molecule has 0 aromatic carbocycles. The Kier molecular flexibility index (Phi) is 3.85. The van der Waals surface area contributed by atoms with Crippen molar-refractivity contribution in [2.24, 2.45) is 5.92 Å². The monoisotopic (exact) mass is 225 g/mol. The summed E-state index contributed by atoms with van der Waals surface area (Å²) >= 11 is 0. The van der Waals surface area contributed by atoms with Gasteiger partial charge in [0.1, 0.15) is 0 Å². The van der Waals surface area contributed by atoms with Crippen molar-refractivity contribution >= 4 is 5.97 Å². The van der Waals surface area contributed by atoms with Gasteiger partial charge in [0.05, 0.1) is 6.54 Å². The average Bonchev–Trinajstić information content (AvgIpc) is 2.87. The third-order valence-electron chi connectivity index (χ3n) is 4.05. The highest BCUT2D eigenvalue weighted by Crippen LogP contribution is 2.36. The van der Waals surface area contributed by atoms with Gasteiger partial charge in [-0.15, -0.1) is 0 Å². The molecule has 92 valence electrons. The lowest BCUT2D eigenvalue weighted by Crippen LogP contribution is -2.43. The van der Waals surface area contributed by atoms with Gasteiger partial charge in [0, 0.05) is 12.1 Å². The van der Waals surface area contributed by atoms with Crippen LogP contribution >= 0.6 is 0 Å². The first kappa shape index (κ1) is 11.9. The Morgan fingerprint density at radius 1 is 1.31 bits per heavy atom. The predicted octanol–water partition coefficient (Wildman–Crippen LogP) is 2.50. The molecule has 0 heterocycles. The van der Waals surface area contributed by atoms with Crippen molar-refractivity contribution in [2.75, 3.05) is 6.54 Å². The Balaban J connectivity index is 1.90.